The number of aryl methyl sites for hydroxylation is 1. The Morgan fingerprint density at radius 2 is 1.80 bits per heavy atom. The van der Waals surface area contributed by atoms with Gasteiger partial charge in [-0.15, -0.1) is 0 Å². The van der Waals surface area contributed by atoms with Crippen molar-refractivity contribution in [1.29, 1.82) is 0 Å². The second kappa shape index (κ2) is 9.56. The predicted molar refractivity (Wildman–Crippen MR) is 84.4 cm³/mol. The van der Waals surface area contributed by atoms with Gasteiger partial charge in [0.05, 0.1) is 6.10 Å². The lowest BCUT2D eigenvalue weighted by molar-refractivity contribution is 0.232. The highest BCUT2D eigenvalue weighted by molar-refractivity contribution is 5.30. The van der Waals surface area contributed by atoms with E-state index in [1.54, 1.807) is 0 Å². The van der Waals surface area contributed by atoms with Gasteiger partial charge in [-0.1, -0.05) is 39.0 Å². The Balaban J connectivity index is 2.30. The number of hydrogen-bond acceptors (Lipinski definition) is 4. The zero-order chi connectivity index (χ0) is 14.8. The number of hydrogen-bond donors (Lipinski definition) is 1. The number of anilines is 1. The largest absolute Gasteiger partial charge is 0.475 e. The Morgan fingerprint density at radius 3 is 2.50 bits per heavy atom. The molecule has 0 aromatic carbocycles. The number of unbranched alkanes of at least 4 members (excludes halogenated alkanes) is 5. The maximum absolute atomic E-state index is 5.62. The van der Waals surface area contributed by atoms with E-state index < -0.39 is 0 Å². The van der Waals surface area contributed by atoms with Crippen LogP contribution in [0.1, 0.15) is 65.0 Å². The van der Waals surface area contributed by atoms with E-state index in [0.29, 0.717) is 11.8 Å². The molecule has 4 nitrogen and oxygen atoms in total. The smallest absolute Gasteiger partial charge is 0.226 e. The summed E-state index contributed by atoms with van der Waals surface area (Å²) in [6.45, 7) is 9.14. The molecule has 0 saturated heterocycles. The van der Waals surface area contributed by atoms with Gasteiger partial charge in [0.2, 0.25) is 11.8 Å². The molecule has 4 heteroatoms. The Bertz CT molecular complexity index is 380. The van der Waals surface area contributed by atoms with Crippen LogP contribution in [-0.2, 0) is 0 Å². The monoisotopic (exact) mass is 279 g/mol. The summed E-state index contributed by atoms with van der Waals surface area (Å²) in [4.78, 5) is 8.76. The molecule has 20 heavy (non-hydrogen) atoms. The molecule has 114 valence electrons. The van der Waals surface area contributed by atoms with Crippen molar-refractivity contribution in [3.05, 3.63) is 11.8 Å². The van der Waals surface area contributed by atoms with Gasteiger partial charge in [-0.2, -0.15) is 4.98 Å². The third-order valence-corrected chi connectivity index (χ3v) is 3.00. The minimum absolute atomic E-state index is 0.135. The molecule has 0 aliphatic heterocycles. The van der Waals surface area contributed by atoms with E-state index in [4.69, 9.17) is 4.74 Å². The second-order valence-corrected chi connectivity index (χ2v) is 5.53. The van der Waals surface area contributed by atoms with Gasteiger partial charge in [-0.05, 0) is 27.2 Å². The quantitative estimate of drug-likeness (QED) is 0.647. The predicted octanol–water partition coefficient (Wildman–Crippen LogP) is 4.34. The summed E-state index contributed by atoms with van der Waals surface area (Å²) >= 11 is 0. The van der Waals surface area contributed by atoms with Crippen LogP contribution in [0.5, 0.6) is 5.88 Å². The van der Waals surface area contributed by atoms with Gasteiger partial charge in [0.1, 0.15) is 0 Å². The Kier molecular flexibility index (Phi) is 8.00. The summed E-state index contributed by atoms with van der Waals surface area (Å²) in [5.74, 6) is 1.33. The van der Waals surface area contributed by atoms with Crippen LogP contribution in [0.2, 0.25) is 0 Å². The highest BCUT2D eigenvalue weighted by Crippen LogP contribution is 2.13. The van der Waals surface area contributed by atoms with Crippen LogP contribution < -0.4 is 10.1 Å². The van der Waals surface area contributed by atoms with Crippen molar-refractivity contribution in [2.45, 2.75) is 72.3 Å². The molecule has 0 saturated carbocycles. The molecule has 0 unspecified atom stereocenters. The Labute approximate surface area is 123 Å². The number of rotatable bonds is 10. The number of ether oxygens (including phenoxy) is 1. The number of nitrogens with zero attached hydrogens (tertiary/aromatic N) is 2. The molecule has 0 bridgehead atoms. The van der Waals surface area contributed by atoms with E-state index in [0.717, 1.165) is 12.2 Å². The maximum atomic E-state index is 5.62. The van der Waals surface area contributed by atoms with Crippen molar-refractivity contribution in [3.63, 3.8) is 0 Å². The number of aromatic nitrogens is 2. The number of nitrogens with one attached hydrogen (secondary N) is 1. The standard InChI is InChI=1S/C16H29N3O/c1-5-6-7-8-9-10-11-17-16-18-14(4)12-15(19-16)20-13(2)3/h12-13H,5-11H2,1-4H3,(H,17,18,19). The van der Waals surface area contributed by atoms with Crippen LogP contribution in [0.15, 0.2) is 6.07 Å². The van der Waals surface area contributed by atoms with Crippen LogP contribution in [0, 0.1) is 6.92 Å². The molecule has 0 radical (unpaired) electrons. The third kappa shape index (κ3) is 7.31. The molecule has 0 atom stereocenters. The Morgan fingerprint density at radius 1 is 1.10 bits per heavy atom. The topological polar surface area (TPSA) is 47.0 Å². The molecule has 0 fully saturated rings. The summed E-state index contributed by atoms with van der Waals surface area (Å²) in [5, 5.41) is 3.29. The highest BCUT2D eigenvalue weighted by atomic mass is 16.5. The Hall–Kier alpha value is -1.32. The molecule has 1 aromatic rings. The third-order valence-electron chi connectivity index (χ3n) is 3.00. The van der Waals surface area contributed by atoms with Gasteiger partial charge in [0.25, 0.3) is 0 Å². The van der Waals surface area contributed by atoms with Crippen LogP contribution in [0.4, 0.5) is 5.95 Å². The lowest BCUT2D eigenvalue weighted by Crippen LogP contribution is -2.11. The van der Waals surface area contributed by atoms with Crippen LogP contribution >= 0.6 is 0 Å². The zero-order valence-corrected chi connectivity index (χ0v) is 13.4. The molecule has 0 aliphatic carbocycles. The first kappa shape index (κ1) is 16.7. The van der Waals surface area contributed by atoms with E-state index >= 15 is 0 Å². The summed E-state index contributed by atoms with van der Waals surface area (Å²) in [5.41, 5.74) is 0.932. The van der Waals surface area contributed by atoms with Crippen LogP contribution in [-0.4, -0.2) is 22.6 Å². The summed E-state index contributed by atoms with van der Waals surface area (Å²) < 4.78 is 5.62. The molecular formula is C16H29N3O. The summed E-state index contributed by atoms with van der Waals surface area (Å²) in [6.07, 6.45) is 7.90. The first-order valence-corrected chi connectivity index (χ1v) is 7.88. The molecule has 1 rings (SSSR count). The van der Waals surface area contributed by atoms with Crippen molar-refractivity contribution >= 4 is 5.95 Å². The van der Waals surface area contributed by atoms with Gasteiger partial charge < -0.3 is 10.1 Å². The fourth-order valence-corrected chi connectivity index (χ4v) is 2.03. The zero-order valence-electron chi connectivity index (χ0n) is 13.4. The highest BCUT2D eigenvalue weighted by Gasteiger charge is 2.04. The van der Waals surface area contributed by atoms with E-state index in [-0.39, 0.29) is 6.10 Å². The first-order valence-electron chi connectivity index (χ1n) is 7.88. The van der Waals surface area contributed by atoms with Gasteiger partial charge in [0, 0.05) is 18.3 Å². The molecular weight excluding hydrogens is 250 g/mol. The van der Waals surface area contributed by atoms with Crippen molar-refractivity contribution < 1.29 is 4.74 Å². The molecule has 0 aliphatic rings. The maximum Gasteiger partial charge on any atom is 0.226 e. The van der Waals surface area contributed by atoms with Gasteiger partial charge >= 0.3 is 0 Å². The minimum Gasteiger partial charge on any atom is -0.475 e. The SMILES string of the molecule is CCCCCCCCNc1nc(C)cc(OC(C)C)n1. The normalized spacial score (nSPS) is 10.8. The van der Waals surface area contributed by atoms with E-state index in [1.165, 1.54) is 38.5 Å². The van der Waals surface area contributed by atoms with Crippen molar-refractivity contribution in [2.75, 3.05) is 11.9 Å². The molecule has 1 N–H and O–H groups in total. The van der Waals surface area contributed by atoms with Gasteiger partial charge in [-0.3, -0.25) is 0 Å². The lowest BCUT2D eigenvalue weighted by Gasteiger charge is -2.11. The molecule has 1 aromatic heterocycles. The van der Waals surface area contributed by atoms with Gasteiger partial charge in [0.15, 0.2) is 0 Å². The second-order valence-electron chi connectivity index (χ2n) is 5.53. The fraction of sp³-hybridized carbons (Fsp3) is 0.750. The van der Waals surface area contributed by atoms with Crippen molar-refractivity contribution in [3.8, 4) is 5.88 Å². The molecule has 1 heterocycles. The van der Waals surface area contributed by atoms with Crippen molar-refractivity contribution in [1.82, 2.24) is 9.97 Å². The lowest BCUT2D eigenvalue weighted by atomic mass is 10.1. The molecule has 0 amide bonds. The van der Waals surface area contributed by atoms with Gasteiger partial charge in [-0.25, -0.2) is 4.98 Å². The van der Waals surface area contributed by atoms with Crippen molar-refractivity contribution in [2.24, 2.45) is 0 Å². The average molecular weight is 279 g/mol. The van der Waals surface area contributed by atoms with Crippen LogP contribution in [0.3, 0.4) is 0 Å². The van der Waals surface area contributed by atoms with E-state index in [9.17, 15) is 0 Å². The van der Waals surface area contributed by atoms with E-state index in [1.807, 2.05) is 26.8 Å². The minimum atomic E-state index is 0.135. The fourth-order valence-electron chi connectivity index (χ4n) is 2.03. The average Bonchev–Trinajstić information content (AvgIpc) is 2.36. The molecule has 0 spiro atoms. The van der Waals surface area contributed by atoms with E-state index in [2.05, 4.69) is 22.2 Å². The summed E-state index contributed by atoms with van der Waals surface area (Å²) in [6, 6.07) is 1.87. The van der Waals surface area contributed by atoms with Crippen LogP contribution in [0.25, 0.3) is 0 Å². The summed E-state index contributed by atoms with van der Waals surface area (Å²) in [7, 11) is 0. The first-order chi connectivity index (χ1) is 9.61.